The molecule has 0 aromatic heterocycles. The topological polar surface area (TPSA) is 24.8 Å². The van der Waals surface area contributed by atoms with Crippen LogP contribution in [0.15, 0.2) is 84.0 Å². The summed E-state index contributed by atoms with van der Waals surface area (Å²) in [5, 5.41) is 11.2. The maximum atomic E-state index is 5.39. The number of hydrazone groups is 1. The number of hydrogen-bond donors (Lipinski definition) is 0. The van der Waals surface area contributed by atoms with Crippen LogP contribution in [0.2, 0.25) is 0 Å². The van der Waals surface area contributed by atoms with E-state index in [1.165, 1.54) is 33.5 Å². The van der Waals surface area contributed by atoms with Gasteiger partial charge in [-0.3, -0.25) is 5.01 Å². The van der Waals surface area contributed by atoms with Gasteiger partial charge >= 0.3 is 0 Å². The van der Waals surface area contributed by atoms with E-state index in [2.05, 4.69) is 97.0 Å². The van der Waals surface area contributed by atoms with E-state index in [0.29, 0.717) is 6.04 Å². The van der Waals surface area contributed by atoms with Gasteiger partial charge in [-0.1, -0.05) is 78.4 Å². The molecule has 30 heavy (non-hydrogen) atoms. The van der Waals surface area contributed by atoms with Crippen LogP contribution >= 0.6 is 7.92 Å². The first-order chi connectivity index (χ1) is 14.8. The fourth-order valence-electron chi connectivity index (χ4n) is 4.03. The number of ether oxygens (including phenoxy) is 1. The minimum atomic E-state index is -0.655. The van der Waals surface area contributed by atoms with Gasteiger partial charge in [0.1, 0.15) is 0 Å². The molecule has 0 bridgehead atoms. The minimum absolute atomic E-state index is 0.379. The molecule has 3 aromatic rings. The van der Waals surface area contributed by atoms with E-state index in [0.717, 1.165) is 19.6 Å². The molecule has 0 aliphatic carbocycles. The maximum Gasteiger partial charge on any atom is 0.0704 e. The largest absolute Gasteiger partial charge is 0.382 e. The summed E-state index contributed by atoms with van der Waals surface area (Å²) in [6.45, 7) is 3.88. The van der Waals surface area contributed by atoms with Gasteiger partial charge in [0.05, 0.1) is 18.9 Å². The Balaban J connectivity index is 1.74. The van der Waals surface area contributed by atoms with Crippen LogP contribution in [0.25, 0.3) is 0 Å². The molecular formula is C26H29N2OP. The van der Waals surface area contributed by atoms with E-state index in [1.54, 1.807) is 7.11 Å². The highest BCUT2D eigenvalue weighted by Crippen LogP contribution is 2.34. The Hall–Kier alpha value is -2.48. The predicted molar refractivity (Wildman–Crippen MR) is 129 cm³/mol. The van der Waals surface area contributed by atoms with Crippen molar-refractivity contribution in [1.82, 2.24) is 5.01 Å². The molecule has 3 nitrogen and oxygen atoms in total. The Bertz CT molecular complexity index is 935. The van der Waals surface area contributed by atoms with Crippen molar-refractivity contribution in [2.45, 2.75) is 25.8 Å². The van der Waals surface area contributed by atoms with Gasteiger partial charge in [0.15, 0.2) is 0 Å². The standard InChI is InChI=1S/C26H29N2OP/c1-21-15-16-26(22(18-21)19-27-28-17-9-10-23(28)20-29-2)30(24-11-5-3-6-12-24)25-13-7-4-8-14-25/h3-8,11-16,18-19,23H,9-10,17,20H2,1-2H3/b27-19+/t23-/m0/s1. The number of methoxy groups -OCH3 is 1. The molecule has 0 radical (unpaired) electrons. The lowest BCUT2D eigenvalue weighted by Gasteiger charge is -2.23. The highest BCUT2D eigenvalue weighted by molar-refractivity contribution is 7.80. The molecule has 3 aromatic carbocycles. The Morgan fingerprint density at radius 3 is 2.30 bits per heavy atom. The molecule has 0 spiro atoms. The smallest absolute Gasteiger partial charge is 0.0704 e. The summed E-state index contributed by atoms with van der Waals surface area (Å²) in [7, 11) is 1.11. The van der Waals surface area contributed by atoms with Gasteiger partial charge < -0.3 is 4.74 Å². The second kappa shape index (κ2) is 10.0. The van der Waals surface area contributed by atoms with Crippen molar-refractivity contribution in [3.05, 3.63) is 90.0 Å². The van der Waals surface area contributed by atoms with Crippen LogP contribution in [-0.4, -0.2) is 37.5 Å². The Labute approximate surface area is 181 Å². The van der Waals surface area contributed by atoms with Crippen molar-refractivity contribution in [3.8, 4) is 0 Å². The molecule has 154 valence electrons. The zero-order valence-corrected chi connectivity index (χ0v) is 18.6. The van der Waals surface area contributed by atoms with Gasteiger partial charge in [-0.25, -0.2) is 0 Å². The zero-order valence-electron chi connectivity index (χ0n) is 17.7. The van der Waals surface area contributed by atoms with Crippen LogP contribution in [0.3, 0.4) is 0 Å². The average Bonchev–Trinajstić information content (AvgIpc) is 3.23. The molecular weight excluding hydrogens is 387 g/mol. The first-order valence-corrected chi connectivity index (χ1v) is 11.9. The van der Waals surface area contributed by atoms with Crippen molar-refractivity contribution in [2.75, 3.05) is 20.3 Å². The quantitative estimate of drug-likeness (QED) is 0.426. The van der Waals surface area contributed by atoms with Crippen molar-refractivity contribution in [3.63, 3.8) is 0 Å². The SMILES string of the molecule is COC[C@@H]1CCCN1/N=C/c1cc(C)ccc1P(c1ccccc1)c1ccccc1. The first kappa shape index (κ1) is 20.8. The van der Waals surface area contributed by atoms with Gasteiger partial charge in [-0.2, -0.15) is 5.10 Å². The molecule has 4 heteroatoms. The molecule has 1 fully saturated rings. The molecule has 0 unspecified atom stereocenters. The van der Waals surface area contributed by atoms with E-state index in [1.807, 2.05) is 0 Å². The summed E-state index contributed by atoms with van der Waals surface area (Å²) in [5.74, 6) is 0. The predicted octanol–water partition coefficient (Wildman–Crippen LogP) is 4.20. The van der Waals surface area contributed by atoms with Crippen LogP contribution in [0.1, 0.15) is 24.0 Å². The zero-order chi connectivity index (χ0) is 20.8. The van der Waals surface area contributed by atoms with Crippen molar-refractivity contribution < 1.29 is 4.74 Å². The normalized spacial score (nSPS) is 16.6. The molecule has 1 heterocycles. The molecule has 1 aliphatic rings. The second-order valence-electron chi connectivity index (χ2n) is 7.73. The van der Waals surface area contributed by atoms with E-state index in [4.69, 9.17) is 9.84 Å². The van der Waals surface area contributed by atoms with Crippen molar-refractivity contribution in [2.24, 2.45) is 5.10 Å². The number of nitrogens with zero attached hydrogens (tertiary/aromatic N) is 2. The van der Waals surface area contributed by atoms with E-state index in [-0.39, 0.29) is 0 Å². The molecule has 0 N–H and O–H groups in total. The first-order valence-electron chi connectivity index (χ1n) is 10.6. The van der Waals surface area contributed by atoms with Crippen molar-refractivity contribution in [1.29, 1.82) is 0 Å². The number of hydrogen-bond acceptors (Lipinski definition) is 3. The Morgan fingerprint density at radius 1 is 1.00 bits per heavy atom. The number of benzene rings is 3. The molecule has 1 atom stereocenters. The number of aryl methyl sites for hydroxylation is 1. The van der Waals surface area contributed by atoms with E-state index >= 15 is 0 Å². The number of rotatable bonds is 7. The maximum absolute atomic E-state index is 5.39. The monoisotopic (exact) mass is 416 g/mol. The minimum Gasteiger partial charge on any atom is -0.382 e. The van der Waals surface area contributed by atoms with Crippen LogP contribution < -0.4 is 15.9 Å². The molecule has 1 saturated heterocycles. The summed E-state index contributed by atoms with van der Waals surface area (Å²) >= 11 is 0. The highest BCUT2D eigenvalue weighted by Gasteiger charge is 2.23. The van der Waals surface area contributed by atoms with Gasteiger partial charge in [0.2, 0.25) is 0 Å². The van der Waals surface area contributed by atoms with Crippen molar-refractivity contribution >= 4 is 30.0 Å². The Kier molecular flexibility index (Phi) is 6.94. The van der Waals surface area contributed by atoms with Gasteiger partial charge in [0, 0.05) is 19.2 Å². The fraction of sp³-hybridized carbons (Fsp3) is 0.269. The summed E-state index contributed by atoms with van der Waals surface area (Å²) in [5.41, 5.74) is 2.46. The van der Waals surface area contributed by atoms with Gasteiger partial charge in [0.25, 0.3) is 0 Å². The van der Waals surface area contributed by atoms with E-state index < -0.39 is 7.92 Å². The second-order valence-corrected chi connectivity index (χ2v) is 9.91. The van der Waals surface area contributed by atoms with Crippen LogP contribution in [0.5, 0.6) is 0 Å². The van der Waals surface area contributed by atoms with Crippen LogP contribution in [0, 0.1) is 6.92 Å². The summed E-state index contributed by atoms with van der Waals surface area (Å²) < 4.78 is 5.39. The average molecular weight is 417 g/mol. The molecule has 0 saturated carbocycles. The summed E-state index contributed by atoms with van der Waals surface area (Å²) in [6, 6.07) is 28.8. The third-order valence-electron chi connectivity index (χ3n) is 5.50. The summed E-state index contributed by atoms with van der Waals surface area (Å²) in [6.07, 6.45) is 4.39. The van der Waals surface area contributed by atoms with Crippen LogP contribution in [-0.2, 0) is 4.74 Å². The third-order valence-corrected chi connectivity index (χ3v) is 8.02. The third kappa shape index (κ3) is 4.80. The lowest BCUT2D eigenvalue weighted by molar-refractivity contribution is 0.118. The van der Waals surface area contributed by atoms with Crippen LogP contribution in [0.4, 0.5) is 0 Å². The fourth-order valence-corrected chi connectivity index (χ4v) is 6.43. The van der Waals surface area contributed by atoms with Gasteiger partial charge in [-0.15, -0.1) is 0 Å². The van der Waals surface area contributed by atoms with Gasteiger partial charge in [-0.05, 0) is 49.7 Å². The Morgan fingerprint density at radius 2 is 1.67 bits per heavy atom. The lowest BCUT2D eigenvalue weighted by Crippen LogP contribution is -2.29. The molecule has 4 rings (SSSR count). The summed E-state index contributed by atoms with van der Waals surface area (Å²) in [4.78, 5) is 0. The lowest BCUT2D eigenvalue weighted by atomic mass is 10.1. The molecule has 1 aliphatic heterocycles. The van der Waals surface area contributed by atoms with E-state index in [9.17, 15) is 0 Å². The highest BCUT2D eigenvalue weighted by atomic mass is 31.1. The molecule has 0 amide bonds.